The minimum absolute atomic E-state index is 0.0892. The van der Waals surface area contributed by atoms with Crippen molar-refractivity contribution in [2.45, 2.75) is 13.1 Å². The van der Waals surface area contributed by atoms with Crippen LogP contribution in [0.15, 0.2) is 60.8 Å². The van der Waals surface area contributed by atoms with Gasteiger partial charge in [0.2, 0.25) is 5.91 Å². The molecule has 5 nitrogen and oxygen atoms in total. The van der Waals surface area contributed by atoms with E-state index in [1.807, 2.05) is 41.1 Å². The quantitative estimate of drug-likeness (QED) is 0.761. The number of carboxylic acids is 1. The lowest BCUT2D eigenvalue weighted by Crippen LogP contribution is -2.26. The Labute approximate surface area is 133 Å². The van der Waals surface area contributed by atoms with Gasteiger partial charge in [0.25, 0.3) is 0 Å². The highest BCUT2D eigenvalue weighted by Gasteiger charge is 2.06. The molecule has 2 N–H and O–H groups in total. The van der Waals surface area contributed by atoms with Crippen LogP contribution in [0.2, 0.25) is 0 Å². The third-order valence-electron chi connectivity index (χ3n) is 3.68. The van der Waals surface area contributed by atoms with E-state index in [4.69, 9.17) is 5.11 Å². The van der Waals surface area contributed by atoms with Crippen LogP contribution in [0, 0.1) is 0 Å². The van der Waals surface area contributed by atoms with E-state index in [1.165, 1.54) is 12.1 Å². The van der Waals surface area contributed by atoms with E-state index in [-0.39, 0.29) is 18.0 Å². The van der Waals surface area contributed by atoms with Gasteiger partial charge in [0.15, 0.2) is 0 Å². The summed E-state index contributed by atoms with van der Waals surface area (Å²) >= 11 is 0. The number of benzene rings is 2. The second-order valence-corrected chi connectivity index (χ2v) is 5.28. The molecular weight excluding hydrogens is 292 g/mol. The molecule has 0 unspecified atom stereocenters. The molecule has 0 saturated carbocycles. The highest BCUT2D eigenvalue weighted by atomic mass is 16.4. The van der Waals surface area contributed by atoms with Gasteiger partial charge < -0.3 is 15.0 Å². The highest BCUT2D eigenvalue weighted by Crippen LogP contribution is 2.14. The van der Waals surface area contributed by atoms with Crippen molar-refractivity contribution in [3.63, 3.8) is 0 Å². The summed E-state index contributed by atoms with van der Waals surface area (Å²) in [6.45, 7) is 0.624. The molecule has 0 saturated heterocycles. The number of amides is 1. The first-order valence-electron chi connectivity index (χ1n) is 7.26. The molecule has 0 radical (unpaired) electrons. The zero-order chi connectivity index (χ0) is 16.2. The second kappa shape index (κ2) is 6.36. The number of para-hydroxylation sites is 1. The number of aromatic carboxylic acids is 1. The SMILES string of the molecule is O=C(Cn1ccc2ccccc21)NCc1ccc(C(=O)O)cc1. The molecule has 0 bridgehead atoms. The van der Waals surface area contributed by atoms with Crippen molar-refractivity contribution >= 4 is 22.8 Å². The maximum Gasteiger partial charge on any atom is 0.335 e. The molecule has 3 aromatic rings. The van der Waals surface area contributed by atoms with Crippen LogP contribution in [0.3, 0.4) is 0 Å². The Bertz CT molecular complexity index is 850. The van der Waals surface area contributed by atoms with Crippen LogP contribution in [0.5, 0.6) is 0 Å². The summed E-state index contributed by atoms with van der Waals surface area (Å²) in [4.78, 5) is 22.9. The maximum atomic E-state index is 12.1. The Hall–Kier alpha value is -3.08. The number of nitrogens with zero attached hydrogens (tertiary/aromatic N) is 1. The lowest BCUT2D eigenvalue weighted by molar-refractivity contribution is -0.121. The fourth-order valence-electron chi connectivity index (χ4n) is 2.45. The highest BCUT2D eigenvalue weighted by molar-refractivity contribution is 5.87. The Morgan fingerprint density at radius 1 is 1.00 bits per heavy atom. The van der Waals surface area contributed by atoms with Crippen LogP contribution in [0.4, 0.5) is 0 Å². The van der Waals surface area contributed by atoms with Gasteiger partial charge >= 0.3 is 5.97 Å². The standard InChI is InChI=1S/C18H16N2O3/c21-17(12-20-10-9-14-3-1-2-4-16(14)20)19-11-13-5-7-15(8-6-13)18(22)23/h1-10H,11-12H2,(H,19,21)(H,22,23). The molecule has 2 aromatic carbocycles. The van der Waals surface area contributed by atoms with E-state index >= 15 is 0 Å². The van der Waals surface area contributed by atoms with Gasteiger partial charge in [0, 0.05) is 18.3 Å². The molecular formula is C18H16N2O3. The molecule has 0 atom stereocenters. The fourth-order valence-corrected chi connectivity index (χ4v) is 2.45. The van der Waals surface area contributed by atoms with Gasteiger partial charge in [-0.05, 0) is 35.2 Å². The minimum Gasteiger partial charge on any atom is -0.478 e. The monoisotopic (exact) mass is 308 g/mol. The smallest absolute Gasteiger partial charge is 0.335 e. The predicted molar refractivity (Wildman–Crippen MR) is 87.2 cm³/mol. The molecule has 1 heterocycles. The third-order valence-corrected chi connectivity index (χ3v) is 3.68. The average molecular weight is 308 g/mol. The first kappa shape index (κ1) is 14.8. The van der Waals surface area contributed by atoms with E-state index < -0.39 is 5.97 Å². The molecule has 0 spiro atoms. The van der Waals surface area contributed by atoms with Crippen LogP contribution in [0.1, 0.15) is 15.9 Å². The Morgan fingerprint density at radius 2 is 1.74 bits per heavy atom. The van der Waals surface area contributed by atoms with E-state index in [0.29, 0.717) is 6.54 Å². The normalized spacial score (nSPS) is 10.6. The number of fused-ring (bicyclic) bond motifs is 1. The maximum absolute atomic E-state index is 12.1. The van der Waals surface area contributed by atoms with Gasteiger partial charge in [-0.15, -0.1) is 0 Å². The van der Waals surface area contributed by atoms with Crippen molar-refractivity contribution in [3.05, 3.63) is 71.9 Å². The van der Waals surface area contributed by atoms with Crippen molar-refractivity contribution in [1.82, 2.24) is 9.88 Å². The van der Waals surface area contributed by atoms with Gasteiger partial charge in [-0.1, -0.05) is 30.3 Å². The predicted octanol–water partition coefficient (Wildman–Crippen LogP) is 2.66. The zero-order valence-corrected chi connectivity index (χ0v) is 12.4. The Balaban J connectivity index is 1.60. The largest absolute Gasteiger partial charge is 0.478 e. The van der Waals surface area contributed by atoms with Crippen LogP contribution in [-0.4, -0.2) is 21.6 Å². The molecule has 1 aromatic heterocycles. The van der Waals surface area contributed by atoms with Gasteiger partial charge in [0.1, 0.15) is 6.54 Å². The number of hydrogen-bond donors (Lipinski definition) is 2. The molecule has 23 heavy (non-hydrogen) atoms. The number of nitrogens with one attached hydrogen (secondary N) is 1. The summed E-state index contributed by atoms with van der Waals surface area (Å²) in [6.07, 6.45) is 1.89. The number of aromatic nitrogens is 1. The number of hydrogen-bond acceptors (Lipinski definition) is 2. The summed E-state index contributed by atoms with van der Waals surface area (Å²) in [5.41, 5.74) is 2.12. The fraction of sp³-hybridized carbons (Fsp3) is 0.111. The molecule has 0 aliphatic rings. The molecule has 3 rings (SSSR count). The number of carbonyl (C=O) groups excluding carboxylic acids is 1. The van der Waals surface area contributed by atoms with Crippen molar-refractivity contribution < 1.29 is 14.7 Å². The molecule has 5 heteroatoms. The van der Waals surface area contributed by atoms with E-state index in [0.717, 1.165) is 16.5 Å². The van der Waals surface area contributed by atoms with E-state index in [9.17, 15) is 9.59 Å². The van der Waals surface area contributed by atoms with Crippen LogP contribution in [-0.2, 0) is 17.9 Å². The Morgan fingerprint density at radius 3 is 2.48 bits per heavy atom. The van der Waals surface area contributed by atoms with Crippen LogP contribution in [0.25, 0.3) is 10.9 Å². The molecule has 0 aliphatic heterocycles. The molecule has 0 aliphatic carbocycles. The van der Waals surface area contributed by atoms with Gasteiger partial charge in [-0.25, -0.2) is 4.79 Å². The zero-order valence-electron chi connectivity index (χ0n) is 12.4. The molecule has 116 valence electrons. The van der Waals surface area contributed by atoms with E-state index in [2.05, 4.69) is 5.32 Å². The van der Waals surface area contributed by atoms with Crippen molar-refractivity contribution in [1.29, 1.82) is 0 Å². The molecule has 0 fully saturated rings. The summed E-state index contributed by atoms with van der Waals surface area (Å²) in [5, 5.41) is 12.8. The number of carbonyl (C=O) groups is 2. The lowest BCUT2D eigenvalue weighted by Gasteiger charge is -2.08. The first-order chi connectivity index (χ1) is 11.1. The van der Waals surface area contributed by atoms with Crippen molar-refractivity contribution in [2.24, 2.45) is 0 Å². The van der Waals surface area contributed by atoms with Crippen molar-refractivity contribution in [3.8, 4) is 0 Å². The third kappa shape index (κ3) is 3.40. The van der Waals surface area contributed by atoms with Gasteiger partial charge in [-0.3, -0.25) is 4.79 Å². The summed E-state index contributed by atoms with van der Waals surface area (Å²) in [7, 11) is 0. The summed E-state index contributed by atoms with van der Waals surface area (Å²) < 4.78 is 1.90. The van der Waals surface area contributed by atoms with Crippen LogP contribution < -0.4 is 5.32 Å². The van der Waals surface area contributed by atoms with Gasteiger partial charge in [-0.2, -0.15) is 0 Å². The lowest BCUT2D eigenvalue weighted by atomic mass is 10.1. The minimum atomic E-state index is -0.958. The van der Waals surface area contributed by atoms with Gasteiger partial charge in [0.05, 0.1) is 5.56 Å². The average Bonchev–Trinajstić information content (AvgIpc) is 2.96. The number of rotatable bonds is 5. The number of carboxylic acid groups (broad SMARTS) is 1. The Kier molecular flexibility index (Phi) is 4.10. The summed E-state index contributed by atoms with van der Waals surface area (Å²) in [6, 6.07) is 16.3. The molecule has 1 amide bonds. The topological polar surface area (TPSA) is 71.3 Å². The summed E-state index contributed by atoms with van der Waals surface area (Å²) in [5.74, 6) is -1.05. The second-order valence-electron chi connectivity index (χ2n) is 5.28. The van der Waals surface area contributed by atoms with Crippen LogP contribution >= 0.6 is 0 Å². The van der Waals surface area contributed by atoms with E-state index in [1.54, 1.807) is 12.1 Å². The first-order valence-corrected chi connectivity index (χ1v) is 7.26. The van der Waals surface area contributed by atoms with Crippen molar-refractivity contribution in [2.75, 3.05) is 0 Å².